The van der Waals surface area contributed by atoms with Gasteiger partial charge in [0.2, 0.25) is 0 Å². The third-order valence-corrected chi connectivity index (χ3v) is 4.86. The van der Waals surface area contributed by atoms with Crippen LogP contribution in [0.1, 0.15) is 18.4 Å². The molecule has 5 heteroatoms. The first-order valence-electron chi connectivity index (χ1n) is 8.10. The van der Waals surface area contributed by atoms with Crippen molar-refractivity contribution in [3.8, 4) is 16.9 Å². The molecule has 2 heterocycles. The number of halogens is 2. The summed E-state index contributed by atoms with van der Waals surface area (Å²) in [4.78, 5) is 0. The Labute approximate surface area is 151 Å². The van der Waals surface area contributed by atoms with Crippen molar-refractivity contribution in [1.82, 2.24) is 9.78 Å². The van der Waals surface area contributed by atoms with E-state index < -0.39 is 0 Å². The van der Waals surface area contributed by atoms with Crippen LogP contribution in [0.3, 0.4) is 0 Å². The second-order valence-electron chi connectivity index (χ2n) is 5.93. The molecule has 24 heavy (non-hydrogen) atoms. The third-order valence-electron chi connectivity index (χ3n) is 4.31. The zero-order chi connectivity index (χ0) is 16.5. The molecule has 0 radical (unpaired) electrons. The van der Waals surface area contributed by atoms with Gasteiger partial charge in [0.1, 0.15) is 5.82 Å². The van der Waals surface area contributed by atoms with Gasteiger partial charge in [-0.3, -0.25) is 0 Å². The smallest absolute Gasteiger partial charge is 0.133 e. The van der Waals surface area contributed by atoms with E-state index in [1.165, 1.54) is 5.56 Å². The molecule has 0 aliphatic carbocycles. The van der Waals surface area contributed by atoms with Gasteiger partial charge in [-0.25, -0.2) is 4.68 Å². The maximum absolute atomic E-state index is 6.41. The molecule has 4 rings (SSSR count). The van der Waals surface area contributed by atoms with Gasteiger partial charge in [0, 0.05) is 22.7 Å². The number of para-hydroxylation sites is 1. The van der Waals surface area contributed by atoms with Gasteiger partial charge in [-0.05, 0) is 43.5 Å². The molecule has 3 aromatic rings. The van der Waals surface area contributed by atoms with Crippen molar-refractivity contribution in [2.24, 2.45) is 0 Å². The van der Waals surface area contributed by atoms with Crippen LogP contribution in [-0.4, -0.2) is 16.3 Å². The Morgan fingerprint density at radius 1 is 1.00 bits per heavy atom. The van der Waals surface area contributed by atoms with Crippen LogP contribution in [0.2, 0.25) is 10.0 Å². The van der Waals surface area contributed by atoms with Gasteiger partial charge in [0.15, 0.2) is 0 Å². The minimum absolute atomic E-state index is 0.687. The van der Waals surface area contributed by atoms with Crippen LogP contribution < -0.4 is 5.32 Å². The maximum Gasteiger partial charge on any atom is 0.133 e. The number of hydrogen-bond acceptors (Lipinski definition) is 2. The van der Waals surface area contributed by atoms with Gasteiger partial charge in [0.25, 0.3) is 0 Å². The van der Waals surface area contributed by atoms with Crippen molar-refractivity contribution in [2.45, 2.75) is 19.3 Å². The van der Waals surface area contributed by atoms with Crippen LogP contribution in [0.25, 0.3) is 16.9 Å². The molecule has 0 fully saturated rings. The molecule has 0 spiro atoms. The van der Waals surface area contributed by atoms with E-state index in [2.05, 4.69) is 11.4 Å². The standard InChI is InChI=1S/C19H17Cl2N3/c20-14-7-5-6-13(12-14)18-15-8-3-4-11-22-19(15)24(23-18)17-10-2-1-9-16(17)21/h1-2,5-7,9-10,12,22H,3-4,8,11H2. The van der Waals surface area contributed by atoms with Crippen molar-refractivity contribution >= 4 is 29.0 Å². The van der Waals surface area contributed by atoms with E-state index in [1.54, 1.807) is 0 Å². The lowest BCUT2D eigenvalue weighted by Crippen LogP contribution is -2.07. The van der Waals surface area contributed by atoms with Crippen LogP contribution >= 0.6 is 23.2 Å². The Hall–Kier alpha value is -1.97. The highest BCUT2D eigenvalue weighted by molar-refractivity contribution is 6.32. The summed E-state index contributed by atoms with van der Waals surface area (Å²) in [5.41, 5.74) is 4.13. The number of nitrogens with zero attached hydrogens (tertiary/aromatic N) is 2. The minimum atomic E-state index is 0.687. The quantitative estimate of drug-likeness (QED) is 0.647. The lowest BCUT2D eigenvalue weighted by molar-refractivity contribution is 0.780. The Kier molecular flexibility index (Phi) is 4.21. The van der Waals surface area contributed by atoms with E-state index in [0.717, 1.165) is 53.6 Å². The largest absolute Gasteiger partial charge is 0.370 e. The summed E-state index contributed by atoms with van der Waals surface area (Å²) < 4.78 is 1.93. The Bertz CT molecular complexity index is 886. The van der Waals surface area contributed by atoms with Crippen LogP contribution in [-0.2, 0) is 6.42 Å². The van der Waals surface area contributed by atoms with E-state index in [4.69, 9.17) is 28.3 Å². The number of benzene rings is 2. The zero-order valence-electron chi connectivity index (χ0n) is 13.1. The molecule has 0 saturated heterocycles. The monoisotopic (exact) mass is 357 g/mol. The zero-order valence-corrected chi connectivity index (χ0v) is 14.6. The predicted octanol–water partition coefficient (Wildman–Crippen LogP) is 5.59. The van der Waals surface area contributed by atoms with Gasteiger partial charge in [-0.2, -0.15) is 5.10 Å². The lowest BCUT2D eigenvalue weighted by Gasteiger charge is -2.10. The van der Waals surface area contributed by atoms with Crippen molar-refractivity contribution in [3.63, 3.8) is 0 Å². The number of rotatable bonds is 2. The fourth-order valence-corrected chi connectivity index (χ4v) is 3.57. The summed E-state index contributed by atoms with van der Waals surface area (Å²) in [6.07, 6.45) is 3.28. The van der Waals surface area contributed by atoms with E-state index in [-0.39, 0.29) is 0 Å². The molecule has 1 N–H and O–H groups in total. The van der Waals surface area contributed by atoms with Crippen molar-refractivity contribution in [1.29, 1.82) is 0 Å². The van der Waals surface area contributed by atoms with Crippen LogP contribution in [0.4, 0.5) is 5.82 Å². The van der Waals surface area contributed by atoms with Gasteiger partial charge >= 0.3 is 0 Å². The second-order valence-corrected chi connectivity index (χ2v) is 6.78. The number of fused-ring (bicyclic) bond motifs is 1. The number of anilines is 1. The summed E-state index contributed by atoms with van der Waals surface area (Å²) in [5, 5.41) is 9.82. The van der Waals surface area contributed by atoms with Crippen molar-refractivity contribution < 1.29 is 0 Å². The maximum atomic E-state index is 6.41. The minimum Gasteiger partial charge on any atom is -0.370 e. The highest BCUT2D eigenvalue weighted by Gasteiger charge is 2.22. The molecule has 0 unspecified atom stereocenters. The predicted molar refractivity (Wildman–Crippen MR) is 100 cm³/mol. The van der Waals surface area contributed by atoms with Gasteiger partial charge in [0.05, 0.1) is 16.4 Å². The summed E-state index contributed by atoms with van der Waals surface area (Å²) in [6.45, 7) is 0.943. The average Bonchev–Trinajstić information content (AvgIpc) is 2.77. The summed E-state index contributed by atoms with van der Waals surface area (Å²) in [7, 11) is 0. The molecule has 2 aromatic carbocycles. The first-order chi connectivity index (χ1) is 11.7. The summed E-state index contributed by atoms with van der Waals surface area (Å²) >= 11 is 12.6. The van der Waals surface area contributed by atoms with E-state index in [0.29, 0.717) is 5.02 Å². The fraction of sp³-hybridized carbons (Fsp3) is 0.211. The summed E-state index contributed by atoms with van der Waals surface area (Å²) in [5.74, 6) is 1.04. The van der Waals surface area contributed by atoms with Crippen LogP contribution in [0.15, 0.2) is 48.5 Å². The molecule has 1 aliphatic rings. The first-order valence-corrected chi connectivity index (χ1v) is 8.86. The van der Waals surface area contributed by atoms with Crippen LogP contribution in [0.5, 0.6) is 0 Å². The van der Waals surface area contributed by atoms with E-state index in [1.807, 2.05) is 47.1 Å². The van der Waals surface area contributed by atoms with Crippen molar-refractivity contribution in [3.05, 3.63) is 64.1 Å². The highest BCUT2D eigenvalue weighted by Crippen LogP contribution is 2.36. The molecular weight excluding hydrogens is 341 g/mol. The Morgan fingerprint density at radius 3 is 2.71 bits per heavy atom. The van der Waals surface area contributed by atoms with Gasteiger partial charge in [-0.1, -0.05) is 47.5 Å². The fourth-order valence-electron chi connectivity index (χ4n) is 3.17. The molecule has 0 amide bonds. The first kappa shape index (κ1) is 15.6. The third kappa shape index (κ3) is 2.79. The van der Waals surface area contributed by atoms with Gasteiger partial charge in [-0.15, -0.1) is 0 Å². The molecule has 122 valence electrons. The number of hydrogen-bond donors (Lipinski definition) is 1. The van der Waals surface area contributed by atoms with E-state index >= 15 is 0 Å². The molecule has 0 atom stereocenters. The van der Waals surface area contributed by atoms with Gasteiger partial charge < -0.3 is 5.32 Å². The molecule has 3 nitrogen and oxygen atoms in total. The molecule has 0 bridgehead atoms. The summed E-state index contributed by atoms with van der Waals surface area (Å²) in [6, 6.07) is 15.6. The van der Waals surface area contributed by atoms with Crippen LogP contribution in [0, 0.1) is 0 Å². The Morgan fingerprint density at radius 2 is 1.88 bits per heavy atom. The molecule has 1 aliphatic heterocycles. The van der Waals surface area contributed by atoms with Crippen molar-refractivity contribution in [2.75, 3.05) is 11.9 Å². The molecular formula is C19H17Cl2N3. The second kappa shape index (κ2) is 6.50. The normalized spacial score (nSPS) is 13.9. The topological polar surface area (TPSA) is 29.9 Å². The molecule has 0 saturated carbocycles. The van der Waals surface area contributed by atoms with E-state index in [9.17, 15) is 0 Å². The number of nitrogens with one attached hydrogen (secondary N) is 1. The lowest BCUT2D eigenvalue weighted by atomic mass is 10.0. The SMILES string of the molecule is Clc1cccc(-c2nn(-c3ccccc3Cl)c3c2CCCCN3)c1. The highest BCUT2D eigenvalue weighted by atomic mass is 35.5. The Balaban J connectivity index is 1.94. The average molecular weight is 358 g/mol. The molecule has 1 aromatic heterocycles. The number of aromatic nitrogens is 2.